The second-order valence-corrected chi connectivity index (χ2v) is 9.82. The summed E-state index contributed by atoms with van der Waals surface area (Å²) in [7, 11) is 2.96. The summed E-state index contributed by atoms with van der Waals surface area (Å²) in [6.07, 6.45) is 1.28. The van der Waals surface area contributed by atoms with Crippen LogP contribution >= 0.6 is 0 Å². The van der Waals surface area contributed by atoms with Gasteiger partial charge in [-0.2, -0.15) is 0 Å². The van der Waals surface area contributed by atoms with Gasteiger partial charge in [-0.1, -0.05) is 72.8 Å². The van der Waals surface area contributed by atoms with Crippen LogP contribution in [0.2, 0.25) is 0 Å². The normalized spacial score (nSPS) is 11.2. The molecule has 0 fully saturated rings. The van der Waals surface area contributed by atoms with Crippen LogP contribution in [0.15, 0.2) is 103 Å². The summed E-state index contributed by atoms with van der Waals surface area (Å²) < 4.78 is 16.2. The van der Waals surface area contributed by atoms with Crippen molar-refractivity contribution in [3.05, 3.63) is 125 Å². The molecule has 0 saturated carbocycles. The van der Waals surface area contributed by atoms with E-state index in [9.17, 15) is 14.4 Å². The van der Waals surface area contributed by atoms with Gasteiger partial charge in [-0.25, -0.2) is 4.79 Å². The van der Waals surface area contributed by atoms with Gasteiger partial charge in [0.15, 0.2) is 5.78 Å². The fourth-order valence-electron chi connectivity index (χ4n) is 4.64. The number of methoxy groups -OCH3 is 2. The van der Waals surface area contributed by atoms with Crippen LogP contribution in [-0.4, -0.2) is 51.1 Å². The predicted octanol–water partition coefficient (Wildman–Crippen LogP) is 5.25. The van der Waals surface area contributed by atoms with Crippen molar-refractivity contribution in [3.63, 3.8) is 0 Å². The van der Waals surface area contributed by atoms with Gasteiger partial charge in [-0.15, -0.1) is 0 Å². The van der Waals surface area contributed by atoms with Gasteiger partial charge in [0.2, 0.25) is 5.91 Å². The quantitative estimate of drug-likeness (QED) is 0.112. The first kappa shape index (κ1) is 30.8. The first-order valence-corrected chi connectivity index (χ1v) is 14.1. The van der Waals surface area contributed by atoms with E-state index in [1.54, 1.807) is 37.4 Å². The van der Waals surface area contributed by atoms with E-state index < -0.39 is 12.0 Å². The molecule has 0 aliphatic rings. The number of ether oxygens (including phenoxy) is 3. The number of ketones is 1. The van der Waals surface area contributed by atoms with Gasteiger partial charge >= 0.3 is 5.97 Å². The lowest BCUT2D eigenvalue weighted by Gasteiger charge is -2.20. The summed E-state index contributed by atoms with van der Waals surface area (Å²) in [5.74, 6) is 0.788. The number of esters is 1. The minimum absolute atomic E-state index is 0.0572. The zero-order valence-corrected chi connectivity index (χ0v) is 24.4. The second kappa shape index (κ2) is 15.8. The largest absolute Gasteiger partial charge is 0.496 e. The van der Waals surface area contributed by atoms with E-state index in [-0.39, 0.29) is 11.7 Å². The molecule has 0 aromatic heterocycles. The van der Waals surface area contributed by atoms with Crippen molar-refractivity contribution in [2.24, 2.45) is 0 Å². The van der Waals surface area contributed by atoms with Crippen LogP contribution in [0, 0.1) is 0 Å². The fourth-order valence-corrected chi connectivity index (χ4v) is 4.64. The number of carbonyl (C=O) groups is 3. The van der Waals surface area contributed by atoms with E-state index >= 15 is 0 Å². The Morgan fingerprint density at radius 3 is 2.23 bits per heavy atom. The molecule has 8 heteroatoms. The topological polar surface area (TPSA) is 103 Å². The Morgan fingerprint density at radius 1 is 0.791 bits per heavy atom. The number of aryl methyl sites for hydroxylation is 1. The highest BCUT2D eigenvalue weighted by Gasteiger charge is 2.22. The second-order valence-electron chi connectivity index (χ2n) is 9.82. The predicted molar refractivity (Wildman–Crippen MR) is 166 cm³/mol. The minimum Gasteiger partial charge on any atom is -0.496 e. The molecule has 2 N–H and O–H groups in total. The standard InChI is InChI=1S/C35H36N2O6/c1-41-32-15-9-6-10-26(32)18-21-33(38)36-22-23-43-28-19-16-25(17-20-28)24-31(35(40)42-2)37-30-14-8-7-13-29(30)34(39)27-11-4-3-5-12-27/h3-17,19-20,31,37H,18,21-24H2,1-2H3,(H,36,38)/t31-/m0/s1. The number of rotatable bonds is 15. The van der Waals surface area contributed by atoms with E-state index in [0.717, 1.165) is 16.9 Å². The first-order valence-electron chi connectivity index (χ1n) is 14.1. The minimum atomic E-state index is -0.715. The molecule has 0 radical (unpaired) electrons. The van der Waals surface area contributed by atoms with Gasteiger partial charge < -0.3 is 24.8 Å². The van der Waals surface area contributed by atoms with Gasteiger partial charge in [0.1, 0.15) is 24.1 Å². The Kier molecular flexibility index (Phi) is 11.3. The Balaban J connectivity index is 1.28. The van der Waals surface area contributed by atoms with Crippen molar-refractivity contribution in [3.8, 4) is 11.5 Å². The molecule has 4 aromatic carbocycles. The van der Waals surface area contributed by atoms with E-state index in [2.05, 4.69) is 10.6 Å². The molecule has 0 saturated heterocycles. The molecule has 0 unspecified atom stereocenters. The molecule has 222 valence electrons. The average molecular weight is 581 g/mol. The van der Waals surface area contributed by atoms with Gasteiger partial charge in [0.25, 0.3) is 0 Å². The number of amides is 1. The summed E-state index contributed by atoms with van der Waals surface area (Å²) in [4.78, 5) is 38.1. The molecular formula is C35H36N2O6. The van der Waals surface area contributed by atoms with Crippen molar-refractivity contribution in [2.75, 3.05) is 32.7 Å². The van der Waals surface area contributed by atoms with Crippen LogP contribution in [-0.2, 0) is 27.2 Å². The van der Waals surface area contributed by atoms with Crippen molar-refractivity contribution in [2.45, 2.75) is 25.3 Å². The molecule has 43 heavy (non-hydrogen) atoms. The Bertz CT molecular complexity index is 1500. The molecule has 0 bridgehead atoms. The number of benzene rings is 4. The summed E-state index contributed by atoms with van der Waals surface area (Å²) >= 11 is 0. The van der Waals surface area contributed by atoms with Crippen LogP contribution < -0.4 is 20.1 Å². The highest BCUT2D eigenvalue weighted by Crippen LogP contribution is 2.22. The maximum Gasteiger partial charge on any atom is 0.328 e. The highest BCUT2D eigenvalue weighted by atomic mass is 16.5. The van der Waals surface area contributed by atoms with Crippen LogP contribution in [0.25, 0.3) is 0 Å². The van der Waals surface area contributed by atoms with Gasteiger partial charge in [0.05, 0.1) is 20.8 Å². The molecule has 4 aromatic rings. The van der Waals surface area contributed by atoms with Crippen LogP contribution in [0.3, 0.4) is 0 Å². The molecule has 8 nitrogen and oxygen atoms in total. The molecule has 0 aliphatic heterocycles. The number of carbonyl (C=O) groups excluding carboxylic acids is 3. The number of anilines is 1. The molecule has 0 aliphatic carbocycles. The summed E-state index contributed by atoms with van der Waals surface area (Å²) in [6.45, 7) is 0.695. The van der Waals surface area contributed by atoms with Crippen LogP contribution in [0.4, 0.5) is 5.69 Å². The zero-order chi connectivity index (χ0) is 30.4. The highest BCUT2D eigenvalue weighted by molar-refractivity contribution is 6.12. The van der Waals surface area contributed by atoms with E-state index in [0.29, 0.717) is 55.0 Å². The summed E-state index contributed by atoms with van der Waals surface area (Å²) in [6, 6.07) is 30.5. The van der Waals surface area contributed by atoms with Crippen molar-refractivity contribution in [1.82, 2.24) is 5.32 Å². The number of para-hydroxylation sites is 2. The third-order valence-corrected chi connectivity index (χ3v) is 6.89. The smallest absolute Gasteiger partial charge is 0.328 e. The van der Waals surface area contributed by atoms with Gasteiger partial charge in [0, 0.05) is 29.7 Å². The Morgan fingerprint density at radius 2 is 1.49 bits per heavy atom. The summed E-state index contributed by atoms with van der Waals surface area (Å²) in [5, 5.41) is 6.09. The van der Waals surface area contributed by atoms with E-state index in [4.69, 9.17) is 14.2 Å². The molecule has 1 amide bonds. The third kappa shape index (κ3) is 8.94. The molecule has 1 atom stereocenters. The van der Waals surface area contributed by atoms with Crippen molar-refractivity contribution in [1.29, 1.82) is 0 Å². The third-order valence-electron chi connectivity index (χ3n) is 6.89. The maximum atomic E-state index is 13.1. The molecule has 4 rings (SSSR count). The summed E-state index contributed by atoms with van der Waals surface area (Å²) in [5.41, 5.74) is 3.46. The van der Waals surface area contributed by atoms with Crippen molar-refractivity contribution < 1.29 is 28.6 Å². The molecule has 0 spiro atoms. The fraction of sp³-hybridized carbons (Fsp3) is 0.229. The van der Waals surface area contributed by atoms with Crippen LogP contribution in [0.5, 0.6) is 11.5 Å². The zero-order valence-electron chi connectivity index (χ0n) is 24.4. The Hall–Kier alpha value is -5.11. The number of hydrogen-bond donors (Lipinski definition) is 2. The van der Waals surface area contributed by atoms with E-state index in [1.807, 2.05) is 72.8 Å². The SMILES string of the molecule is COC(=O)[C@H](Cc1ccc(OCCNC(=O)CCc2ccccc2OC)cc1)Nc1ccccc1C(=O)c1ccccc1. The molecular weight excluding hydrogens is 544 g/mol. The lowest BCUT2D eigenvalue weighted by molar-refractivity contribution is -0.141. The monoisotopic (exact) mass is 580 g/mol. The van der Waals surface area contributed by atoms with Gasteiger partial charge in [-0.3, -0.25) is 9.59 Å². The molecule has 0 heterocycles. The Labute approximate surface area is 252 Å². The number of hydrogen-bond acceptors (Lipinski definition) is 7. The van der Waals surface area contributed by atoms with Crippen molar-refractivity contribution >= 4 is 23.3 Å². The van der Waals surface area contributed by atoms with E-state index in [1.165, 1.54) is 7.11 Å². The lowest BCUT2D eigenvalue weighted by atomic mass is 10.00. The van der Waals surface area contributed by atoms with Crippen LogP contribution in [0.1, 0.15) is 33.5 Å². The average Bonchev–Trinajstić information content (AvgIpc) is 3.06. The lowest BCUT2D eigenvalue weighted by Crippen LogP contribution is -2.33. The van der Waals surface area contributed by atoms with Gasteiger partial charge in [-0.05, 0) is 47.9 Å². The first-order chi connectivity index (χ1) is 21.0. The number of nitrogens with one attached hydrogen (secondary N) is 2. The maximum absolute atomic E-state index is 13.1.